The Morgan fingerprint density at radius 2 is 1.89 bits per heavy atom. The Morgan fingerprint density at radius 1 is 1.11 bits per heavy atom. The molecule has 0 radical (unpaired) electrons. The van der Waals surface area contributed by atoms with E-state index in [4.69, 9.17) is 0 Å². The summed E-state index contributed by atoms with van der Waals surface area (Å²) in [6.07, 6.45) is 3.55. The maximum absolute atomic E-state index is 13.7. The third-order valence-electron chi connectivity index (χ3n) is 4.26. The molecule has 2 N–H and O–H groups in total. The molecule has 0 fully saturated rings. The largest absolute Gasteiger partial charge is 0.347 e. The molecule has 0 bridgehead atoms. The number of amides is 2. The van der Waals surface area contributed by atoms with Crippen LogP contribution in [0, 0.1) is 5.82 Å². The molecule has 144 valence electrons. The number of carbonyl (C=O) groups is 2. The van der Waals surface area contributed by atoms with Crippen LogP contribution in [-0.2, 0) is 23.1 Å². The zero-order chi connectivity index (χ0) is 19.9. The van der Waals surface area contributed by atoms with Crippen LogP contribution in [0.2, 0.25) is 0 Å². The zero-order valence-corrected chi connectivity index (χ0v) is 15.4. The van der Waals surface area contributed by atoms with E-state index in [9.17, 15) is 14.0 Å². The summed E-state index contributed by atoms with van der Waals surface area (Å²) in [6, 6.07) is 14.6. The molecule has 6 nitrogen and oxygen atoms in total. The number of nitrogens with zero attached hydrogens (tertiary/aromatic N) is 2. The third kappa shape index (κ3) is 5.03. The minimum Gasteiger partial charge on any atom is -0.347 e. The second kappa shape index (κ2) is 8.94. The predicted octanol–water partition coefficient (Wildman–Crippen LogP) is 2.12. The van der Waals surface area contributed by atoms with Crippen molar-refractivity contribution in [2.75, 3.05) is 6.54 Å². The normalized spacial score (nSPS) is 11.6. The van der Waals surface area contributed by atoms with E-state index in [-0.39, 0.29) is 18.9 Å². The van der Waals surface area contributed by atoms with E-state index in [2.05, 4.69) is 15.6 Å². The summed E-state index contributed by atoms with van der Waals surface area (Å²) in [5.74, 6) is -0.476. The Morgan fingerprint density at radius 3 is 2.57 bits per heavy atom. The summed E-state index contributed by atoms with van der Waals surface area (Å²) >= 11 is 0. The lowest BCUT2D eigenvalue weighted by Gasteiger charge is -2.19. The molecule has 0 aliphatic carbocycles. The zero-order valence-electron chi connectivity index (χ0n) is 15.4. The highest BCUT2D eigenvalue weighted by Crippen LogP contribution is 2.21. The van der Waals surface area contributed by atoms with Crippen LogP contribution in [0.15, 0.2) is 67.0 Å². The number of aryl methyl sites for hydroxylation is 1. The van der Waals surface area contributed by atoms with Crippen LogP contribution >= 0.6 is 0 Å². The van der Waals surface area contributed by atoms with Crippen molar-refractivity contribution < 1.29 is 14.0 Å². The van der Waals surface area contributed by atoms with Crippen molar-refractivity contribution in [3.8, 4) is 0 Å². The summed E-state index contributed by atoms with van der Waals surface area (Å²) in [5, 5.41) is 5.43. The number of aromatic nitrogens is 2. The van der Waals surface area contributed by atoms with Gasteiger partial charge in [-0.2, -0.15) is 0 Å². The van der Waals surface area contributed by atoms with Crippen LogP contribution in [0.3, 0.4) is 0 Å². The van der Waals surface area contributed by atoms with Gasteiger partial charge in [-0.3, -0.25) is 9.59 Å². The second-order valence-corrected chi connectivity index (χ2v) is 6.39. The van der Waals surface area contributed by atoms with Crippen LogP contribution < -0.4 is 10.6 Å². The van der Waals surface area contributed by atoms with Gasteiger partial charge in [0.25, 0.3) is 0 Å². The molecule has 2 aromatic carbocycles. The topological polar surface area (TPSA) is 76.0 Å². The maximum Gasteiger partial charge on any atom is 0.240 e. The number of hydrogen-bond acceptors (Lipinski definition) is 3. The molecule has 2 amide bonds. The Labute approximate surface area is 162 Å². The molecule has 1 heterocycles. The highest BCUT2D eigenvalue weighted by molar-refractivity contribution is 5.86. The summed E-state index contributed by atoms with van der Waals surface area (Å²) in [6.45, 7) is -0.179. The lowest BCUT2D eigenvalue weighted by atomic mass is 10.1. The fourth-order valence-corrected chi connectivity index (χ4v) is 2.87. The first-order valence-corrected chi connectivity index (χ1v) is 8.85. The highest BCUT2D eigenvalue weighted by atomic mass is 19.1. The molecule has 0 saturated carbocycles. The van der Waals surface area contributed by atoms with Gasteiger partial charge in [0.05, 0.1) is 13.0 Å². The van der Waals surface area contributed by atoms with Crippen LogP contribution in [0.4, 0.5) is 4.39 Å². The molecule has 1 aromatic heterocycles. The number of halogens is 1. The number of benzene rings is 2. The molecule has 1 unspecified atom stereocenters. The fourth-order valence-electron chi connectivity index (χ4n) is 2.87. The van der Waals surface area contributed by atoms with Crippen LogP contribution in [-0.4, -0.2) is 27.9 Å². The molecule has 0 spiro atoms. The van der Waals surface area contributed by atoms with Crippen molar-refractivity contribution in [3.63, 3.8) is 0 Å². The Kier molecular flexibility index (Phi) is 6.16. The molecule has 0 aliphatic heterocycles. The van der Waals surface area contributed by atoms with Gasteiger partial charge in [-0.25, -0.2) is 9.37 Å². The molecular formula is C21H21FN4O2. The van der Waals surface area contributed by atoms with Crippen LogP contribution in [0.5, 0.6) is 0 Å². The summed E-state index contributed by atoms with van der Waals surface area (Å²) in [4.78, 5) is 28.7. The van der Waals surface area contributed by atoms with E-state index in [0.717, 1.165) is 5.56 Å². The summed E-state index contributed by atoms with van der Waals surface area (Å²) in [7, 11) is 1.79. The van der Waals surface area contributed by atoms with Crippen LogP contribution in [0.1, 0.15) is 23.0 Å². The Bertz CT molecular complexity index is 956. The SMILES string of the molecule is Cn1ccnc1C(NC(=O)CNC(=O)Cc1ccccc1)c1cccc(F)c1. The van der Waals surface area contributed by atoms with Gasteiger partial charge >= 0.3 is 0 Å². The van der Waals surface area contributed by atoms with Gasteiger partial charge in [0.15, 0.2) is 0 Å². The summed E-state index contributed by atoms with van der Waals surface area (Å²) in [5.41, 5.74) is 1.43. The van der Waals surface area contributed by atoms with Gasteiger partial charge in [-0.1, -0.05) is 42.5 Å². The second-order valence-electron chi connectivity index (χ2n) is 6.39. The molecule has 3 rings (SSSR count). The molecule has 0 saturated heterocycles. The van der Waals surface area contributed by atoms with Crippen molar-refractivity contribution in [3.05, 3.63) is 89.8 Å². The first-order valence-electron chi connectivity index (χ1n) is 8.85. The number of rotatable bonds is 7. The van der Waals surface area contributed by atoms with E-state index in [1.165, 1.54) is 12.1 Å². The van der Waals surface area contributed by atoms with Gasteiger partial charge in [0.2, 0.25) is 11.8 Å². The van der Waals surface area contributed by atoms with E-state index in [0.29, 0.717) is 11.4 Å². The van der Waals surface area contributed by atoms with E-state index >= 15 is 0 Å². The smallest absolute Gasteiger partial charge is 0.240 e. The standard InChI is InChI=1S/C21H21FN4O2/c1-26-11-10-23-21(26)20(16-8-5-9-17(22)13-16)25-19(28)14-24-18(27)12-15-6-3-2-4-7-15/h2-11,13,20H,12,14H2,1H3,(H,24,27)(H,25,28). The predicted molar refractivity (Wildman–Crippen MR) is 103 cm³/mol. The molecule has 3 aromatic rings. The first kappa shape index (κ1) is 19.3. The lowest BCUT2D eigenvalue weighted by molar-refractivity contribution is -0.126. The van der Waals surface area contributed by atoms with E-state index < -0.39 is 17.8 Å². The van der Waals surface area contributed by atoms with Crippen molar-refractivity contribution in [2.45, 2.75) is 12.5 Å². The summed E-state index contributed by atoms with van der Waals surface area (Å²) < 4.78 is 15.4. The Hall–Kier alpha value is -3.48. The van der Waals surface area contributed by atoms with Gasteiger partial charge < -0.3 is 15.2 Å². The van der Waals surface area contributed by atoms with Gasteiger partial charge in [-0.05, 0) is 23.3 Å². The fraction of sp³-hybridized carbons (Fsp3) is 0.190. The molecule has 28 heavy (non-hydrogen) atoms. The van der Waals surface area contributed by atoms with E-state index in [1.807, 2.05) is 30.3 Å². The molecule has 1 atom stereocenters. The molecular weight excluding hydrogens is 359 g/mol. The number of carbonyl (C=O) groups excluding carboxylic acids is 2. The first-order chi connectivity index (χ1) is 13.5. The van der Waals surface area contributed by atoms with Crippen LogP contribution in [0.25, 0.3) is 0 Å². The minimum absolute atomic E-state index is 0.179. The molecule has 0 aliphatic rings. The monoisotopic (exact) mass is 380 g/mol. The minimum atomic E-state index is -0.630. The van der Waals surface area contributed by atoms with E-state index in [1.54, 1.807) is 36.1 Å². The third-order valence-corrected chi connectivity index (χ3v) is 4.26. The lowest BCUT2D eigenvalue weighted by Crippen LogP contribution is -2.40. The highest BCUT2D eigenvalue weighted by Gasteiger charge is 2.21. The number of hydrogen-bond donors (Lipinski definition) is 2. The molecule has 7 heteroatoms. The number of imidazole rings is 1. The van der Waals surface area contributed by atoms with Gasteiger partial charge in [0.1, 0.15) is 17.7 Å². The maximum atomic E-state index is 13.7. The quantitative estimate of drug-likeness (QED) is 0.659. The average molecular weight is 380 g/mol. The average Bonchev–Trinajstić information content (AvgIpc) is 3.11. The van der Waals surface area contributed by atoms with Gasteiger partial charge in [-0.15, -0.1) is 0 Å². The van der Waals surface area contributed by atoms with Crippen molar-refractivity contribution in [1.29, 1.82) is 0 Å². The van der Waals surface area contributed by atoms with Gasteiger partial charge in [0, 0.05) is 19.4 Å². The Balaban J connectivity index is 1.65. The van der Waals surface area contributed by atoms with Crippen molar-refractivity contribution >= 4 is 11.8 Å². The van der Waals surface area contributed by atoms with Crippen molar-refractivity contribution in [1.82, 2.24) is 20.2 Å². The number of nitrogens with one attached hydrogen (secondary N) is 2. The van der Waals surface area contributed by atoms with Crippen molar-refractivity contribution in [2.24, 2.45) is 7.05 Å².